The van der Waals surface area contributed by atoms with Crippen LogP contribution in [0.5, 0.6) is 0 Å². The summed E-state index contributed by atoms with van der Waals surface area (Å²) in [5, 5.41) is 5.02. The highest BCUT2D eigenvalue weighted by molar-refractivity contribution is 7.99. The fraction of sp³-hybridized carbons (Fsp3) is 0.0566. The SMILES string of the molecule is CC1(C)c2ccccc2-c2ccc(N(c3ccccc3)c3ccc4c(c3)Sc3cccc5c(N(c6ccccc6)c6ccc7ccccc7c6)ccc-4c35)cc21. The molecular formula is C53H38N2S. The zero-order valence-corrected chi connectivity index (χ0v) is 32.1. The van der Waals surface area contributed by atoms with Crippen molar-refractivity contribution in [3.63, 3.8) is 0 Å². The molecule has 0 saturated carbocycles. The summed E-state index contributed by atoms with van der Waals surface area (Å²) >= 11 is 1.88. The van der Waals surface area contributed by atoms with Gasteiger partial charge in [-0.3, -0.25) is 0 Å². The molecule has 9 aromatic rings. The smallest absolute Gasteiger partial charge is 0.0540 e. The summed E-state index contributed by atoms with van der Waals surface area (Å²) < 4.78 is 0. The molecule has 1 aliphatic carbocycles. The Morgan fingerprint density at radius 3 is 1.79 bits per heavy atom. The Balaban J connectivity index is 1.04. The number of rotatable bonds is 6. The summed E-state index contributed by atoms with van der Waals surface area (Å²) in [5.74, 6) is 0. The number of nitrogens with zero attached hydrogens (tertiary/aromatic N) is 2. The third-order valence-corrected chi connectivity index (χ3v) is 12.9. The van der Waals surface area contributed by atoms with Gasteiger partial charge in [0.1, 0.15) is 0 Å². The summed E-state index contributed by atoms with van der Waals surface area (Å²) in [5.41, 5.74) is 14.8. The fourth-order valence-electron chi connectivity index (χ4n) is 9.11. The second-order valence-corrected chi connectivity index (χ2v) is 16.5. The summed E-state index contributed by atoms with van der Waals surface area (Å²) in [6.45, 7) is 4.71. The highest BCUT2D eigenvalue weighted by Gasteiger charge is 2.36. The molecule has 0 radical (unpaired) electrons. The van der Waals surface area contributed by atoms with Gasteiger partial charge in [0.2, 0.25) is 0 Å². The second kappa shape index (κ2) is 12.8. The Labute approximate surface area is 332 Å². The molecule has 0 unspecified atom stereocenters. The van der Waals surface area contributed by atoms with Crippen LogP contribution in [0.25, 0.3) is 43.8 Å². The summed E-state index contributed by atoms with van der Waals surface area (Å²) in [4.78, 5) is 7.37. The number of hydrogen-bond acceptors (Lipinski definition) is 3. The van der Waals surface area contributed by atoms with E-state index < -0.39 is 0 Å². The van der Waals surface area contributed by atoms with Gasteiger partial charge in [-0.1, -0.05) is 147 Å². The van der Waals surface area contributed by atoms with Crippen LogP contribution in [0, 0.1) is 0 Å². The minimum absolute atomic E-state index is 0.0817. The van der Waals surface area contributed by atoms with Gasteiger partial charge in [0.15, 0.2) is 0 Å². The molecule has 3 heteroatoms. The highest BCUT2D eigenvalue weighted by Crippen LogP contribution is 2.54. The van der Waals surface area contributed by atoms with Gasteiger partial charge in [0.25, 0.3) is 0 Å². The van der Waals surface area contributed by atoms with Gasteiger partial charge in [-0.05, 0) is 117 Å². The number of fused-ring (bicyclic) bond motifs is 6. The molecule has 0 spiro atoms. The fourth-order valence-corrected chi connectivity index (χ4v) is 10.3. The van der Waals surface area contributed by atoms with E-state index in [1.54, 1.807) is 0 Å². The summed E-state index contributed by atoms with van der Waals surface area (Å²) in [6.07, 6.45) is 0. The zero-order valence-electron chi connectivity index (χ0n) is 31.3. The molecule has 56 heavy (non-hydrogen) atoms. The average molecular weight is 735 g/mol. The van der Waals surface area contributed by atoms with E-state index in [9.17, 15) is 0 Å². The Bertz CT molecular complexity index is 2990. The Morgan fingerprint density at radius 1 is 0.375 bits per heavy atom. The van der Waals surface area contributed by atoms with Crippen LogP contribution >= 0.6 is 11.8 Å². The van der Waals surface area contributed by atoms with Crippen LogP contribution in [0.1, 0.15) is 25.0 Å². The van der Waals surface area contributed by atoms with E-state index in [0.717, 1.165) is 22.7 Å². The van der Waals surface area contributed by atoms with E-state index in [4.69, 9.17) is 0 Å². The third kappa shape index (κ3) is 5.12. The predicted molar refractivity (Wildman–Crippen MR) is 238 cm³/mol. The molecule has 1 aliphatic heterocycles. The van der Waals surface area contributed by atoms with Crippen molar-refractivity contribution in [1.82, 2.24) is 0 Å². The molecule has 11 rings (SSSR count). The molecule has 1 heterocycles. The van der Waals surface area contributed by atoms with Crippen molar-refractivity contribution < 1.29 is 0 Å². The lowest BCUT2D eigenvalue weighted by molar-refractivity contribution is 0.660. The first-order valence-electron chi connectivity index (χ1n) is 19.3. The first-order chi connectivity index (χ1) is 27.5. The van der Waals surface area contributed by atoms with Gasteiger partial charge in [-0.15, -0.1) is 0 Å². The molecule has 0 aromatic heterocycles. The third-order valence-electron chi connectivity index (χ3n) is 11.8. The van der Waals surface area contributed by atoms with Crippen LogP contribution in [0.3, 0.4) is 0 Å². The molecule has 0 bridgehead atoms. The van der Waals surface area contributed by atoms with Crippen molar-refractivity contribution in [2.24, 2.45) is 0 Å². The van der Waals surface area contributed by atoms with Gasteiger partial charge in [-0.25, -0.2) is 0 Å². The van der Waals surface area contributed by atoms with Crippen LogP contribution in [0.15, 0.2) is 204 Å². The minimum atomic E-state index is -0.0817. The molecule has 0 N–H and O–H groups in total. The van der Waals surface area contributed by atoms with Gasteiger partial charge in [0.05, 0.1) is 5.69 Å². The average Bonchev–Trinajstić information content (AvgIpc) is 3.47. The molecular weight excluding hydrogens is 697 g/mol. The number of anilines is 6. The number of benzene rings is 9. The maximum Gasteiger partial charge on any atom is 0.0540 e. The molecule has 9 aromatic carbocycles. The van der Waals surface area contributed by atoms with Crippen molar-refractivity contribution in [3.8, 4) is 22.3 Å². The van der Waals surface area contributed by atoms with Crippen LogP contribution < -0.4 is 9.80 Å². The molecule has 0 atom stereocenters. The quantitative estimate of drug-likeness (QED) is 0.168. The van der Waals surface area contributed by atoms with Crippen LogP contribution in [0.2, 0.25) is 0 Å². The predicted octanol–water partition coefficient (Wildman–Crippen LogP) is 15.4. The Hall–Kier alpha value is -6.55. The molecule has 266 valence electrons. The van der Waals surface area contributed by atoms with Gasteiger partial charge >= 0.3 is 0 Å². The lowest BCUT2D eigenvalue weighted by Gasteiger charge is -2.31. The van der Waals surface area contributed by atoms with Gasteiger partial charge in [0, 0.05) is 54.4 Å². The minimum Gasteiger partial charge on any atom is -0.310 e. The van der Waals surface area contributed by atoms with E-state index in [1.807, 2.05) is 11.8 Å². The first-order valence-corrected chi connectivity index (χ1v) is 20.2. The molecule has 2 aliphatic rings. The van der Waals surface area contributed by atoms with E-state index in [2.05, 4.69) is 218 Å². The Morgan fingerprint density at radius 2 is 0.982 bits per heavy atom. The van der Waals surface area contributed by atoms with Crippen molar-refractivity contribution in [2.75, 3.05) is 9.80 Å². The number of para-hydroxylation sites is 2. The van der Waals surface area contributed by atoms with E-state index >= 15 is 0 Å². The van der Waals surface area contributed by atoms with Crippen molar-refractivity contribution >= 4 is 67.4 Å². The van der Waals surface area contributed by atoms with Gasteiger partial charge in [-0.2, -0.15) is 0 Å². The first kappa shape index (κ1) is 32.8. The normalized spacial score (nSPS) is 13.2. The molecule has 0 fully saturated rings. The summed E-state index contributed by atoms with van der Waals surface area (Å²) in [6, 6.07) is 71.3. The van der Waals surface area contributed by atoms with Crippen molar-refractivity contribution in [1.29, 1.82) is 0 Å². The van der Waals surface area contributed by atoms with Crippen molar-refractivity contribution in [3.05, 3.63) is 205 Å². The van der Waals surface area contributed by atoms with E-state index in [1.165, 1.54) is 76.1 Å². The standard InChI is InChI=1S/C53H38N2S/c1-53(2)47-22-12-11-20-42(47)43-28-26-40(33-48(43)53)54(37-16-5-3-6-17-37)41-27-29-44-45-30-31-49(46-21-13-23-50(52(45)46)56-51(44)34-41)55(38-18-7-4-8-19-38)39-25-24-35-14-9-10-15-36(35)32-39/h3-34H,1-2H3. The van der Waals surface area contributed by atoms with E-state index in [0.29, 0.717) is 0 Å². The maximum atomic E-state index is 2.42. The largest absolute Gasteiger partial charge is 0.310 e. The topological polar surface area (TPSA) is 6.48 Å². The highest BCUT2D eigenvalue weighted by atomic mass is 32.2. The lowest BCUT2D eigenvalue weighted by atomic mass is 9.82. The van der Waals surface area contributed by atoms with Gasteiger partial charge < -0.3 is 9.80 Å². The van der Waals surface area contributed by atoms with E-state index in [-0.39, 0.29) is 5.41 Å². The van der Waals surface area contributed by atoms with Crippen molar-refractivity contribution in [2.45, 2.75) is 29.1 Å². The Kier molecular flexibility index (Phi) is 7.49. The van der Waals surface area contributed by atoms with Crippen LogP contribution in [-0.4, -0.2) is 0 Å². The number of hydrogen-bond donors (Lipinski definition) is 0. The lowest BCUT2D eigenvalue weighted by Crippen LogP contribution is -2.16. The second-order valence-electron chi connectivity index (χ2n) is 15.4. The van der Waals surface area contributed by atoms with Crippen LogP contribution in [-0.2, 0) is 5.41 Å². The zero-order chi connectivity index (χ0) is 37.4. The molecule has 0 amide bonds. The monoisotopic (exact) mass is 734 g/mol. The van der Waals surface area contributed by atoms with Crippen LogP contribution in [0.4, 0.5) is 34.1 Å². The summed E-state index contributed by atoms with van der Waals surface area (Å²) in [7, 11) is 0. The molecule has 2 nitrogen and oxygen atoms in total. The molecule has 0 saturated heterocycles. The maximum absolute atomic E-state index is 2.42.